The molecular weight excluding hydrogens is 789 g/mol. The topological polar surface area (TPSA) is 204 Å². The van der Waals surface area contributed by atoms with E-state index in [1.807, 2.05) is 29.9 Å². The Labute approximate surface area is 343 Å². The largest absolute Gasteiger partial charge is 0.497 e. The minimum atomic E-state index is -1.03. The van der Waals surface area contributed by atoms with Gasteiger partial charge in [0, 0.05) is 29.4 Å². The van der Waals surface area contributed by atoms with Crippen molar-refractivity contribution in [2.45, 2.75) is 83.9 Å². The van der Waals surface area contributed by atoms with E-state index in [2.05, 4.69) is 35.0 Å². The van der Waals surface area contributed by atoms with Crippen LogP contribution in [0.4, 0.5) is 9.93 Å². The number of β-lactam (4-membered cyclic amide) rings is 1. The lowest BCUT2D eigenvalue weighted by molar-refractivity contribution is -0.664. The number of carbonyl (C=O) groups is 4. The zero-order chi connectivity index (χ0) is 41.6. The maximum atomic E-state index is 14.1. The summed E-state index contributed by atoms with van der Waals surface area (Å²) in [6, 6.07) is 10.0. The van der Waals surface area contributed by atoms with E-state index in [-0.39, 0.29) is 35.5 Å². The summed E-state index contributed by atoms with van der Waals surface area (Å²) in [6.45, 7) is 10.5. The number of imidazole rings is 1. The molecule has 0 saturated carbocycles. The second-order valence-corrected chi connectivity index (χ2v) is 16.5. The van der Waals surface area contributed by atoms with Crippen molar-refractivity contribution in [3.05, 3.63) is 71.6 Å². The molecule has 2 unspecified atom stereocenters. The van der Waals surface area contributed by atoms with Gasteiger partial charge in [-0.15, -0.1) is 11.8 Å². The number of hydrogen-bond acceptors (Lipinski definition) is 15. The summed E-state index contributed by atoms with van der Waals surface area (Å²) < 4.78 is 24.6. The molecule has 4 aromatic rings. The number of carbonyl (C=O) groups excluding carboxylic acids is 4. The smallest absolute Gasteiger partial charge is 0.414 e. The minimum Gasteiger partial charge on any atom is -0.497 e. The van der Waals surface area contributed by atoms with E-state index >= 15 is 0 Å². The molecular formula is C38H47N10O8S2+. The van der Waals surface area contributed by atoms with E-state index in [9.17, 15) is 19.2 Å². The Morgan fingerprint density at radius 3 is 2.62 bits per heavy atom. The second kappa shape index (κ2) is 18.3. The highest BCUT2D eigenvalue weighted by molar-refractivity contribution is 8.00. The number of methoxy groups -OCH3 is 1. The van der Waals surface area contributed by atoms with E-state index in [1.165, 1.54) is 16.7 Å². The molecule has 3 N–H and O–H groups in total. The van der Waals surface area contributed by atoms with Gasteiger partial charge in [0.2, 0.25) is 23.0 Å². The maximum Gasteiger partial charge on any atom is 0.414 e. The normalized spacial score (nSPS) is 16.9. The first-order valence-electron chi connectivity index (χ1n) is 18.6. The van der Waals surface area contributed by atoms with Crippen molar-refractivity contribution in [1.82, 2.24) is 34.4 Å². The van der Waals surface area contributed by atoms with Gasteiger partial charge in [0.1, 0.15) is 53.2 Å². The number of rotatable bonds is 16. The molecule has 0 bridgehead atoms. The van der Waals surface area contributed by atoms with Gasteiger partial charge in [-0.3, -0.25) is 19.8 Å². The van der Waals surface area contributed by atoms with Gasteiger partial charge in [0.25, 0.3) is 11.8 Å². The standard InChI is InChI=1S/C38H46N10O8S2/c1-22(2)56-44-27(30-42-36(58-45-30)43-37(52)55-38(3,4)5)32(49)41-28-33(50)48-29(35(51)54-19-23-11-13-25(53-7)14-12-23)24(20-57-34(28)48)18-46-16-8-10-26-31(46)40-21-47(26)17-9-15-39-6/h8,10-14,16,21-22,28,34,39H,9,15,17-20H2,1-7H3,(H-,41,42,43,45,49,52)/p+1/b44-27-. The number of aryl methyl sites for hydroxylation is 1. The van der Waals surface area contributed by atoms with E-state index in [4.69, 9.17) is 24.0 Å². The Morgan fingerprint density at radius 2 is 1.91 bits per heavy atom. The number of pyridine rings is 1. The van der Waals surface area contributed by atoms with Gasteiger partial charge < -0.3 is 34.2 Å². The van der Waals surface area contributed by atoms with Crippen molar-refractivity contribution in [3.8, 4) is 5.75 Å². The van der Waals surface area contributed by atoms with Gasteiger partial charge in [-0.05, 0) is 89.4 Å². The molecule has 2 aliphatic heterocycles. The van der Waals surface area contributed by atoms with Crippen LogP contribution in [0, 0.1) is 0 Å². The van der Waals surface area contributed by atoms with Gasteiger partial charge in [-0.2, -0.15) is 9.36 Å². The lowest BCUT2D eigenvalue weighted by Crippen LogP contribution is -2.71. The number of nitrogens with zero attached hydrogens (tertiary/aromatic N) is 7. The molecule has 20 heteroatoms. The summed E-state index contributed by atoms with van der Waals surface area (Å²) in [6.07, 6.45) is 3.46. The number of ether oxygens (including phenoxy) is 3. The molecule has 1 fully saturated rings. The molecule has 58 heavy (non-hydrogen) atoms. The number of aromatic nitrogens is 5. The molecule has 18 nitrogen and oxygen atoms in total. The van der Waals surface area contributed by atoms with Gasteiger partial charge in [0.15, 0.2) is 0 Å². The zero-order valence-electron chi connectivity index (χ0n) is 33.3. The third-order valence-electron chi connectivity index (χ3n) is 8.71. The van der Waals surface area contributed by atoms with Gasteiger partial charge >= 0.3 is 17.7 Å². The van der Waals surface area contributed by atoms with Crippen LogP contribution in [-0.2, 0) is 48.4 Å². The second-order valence-electron chi connectivity index (χ2n) is 14.6. The average Bonchev–Trinajstić information content (AvgIpc) is 3.82. The van der Waals surface area contributed by atoms with E-state index < -0.39 is 47.0 Å². The van der Waals surface area contributed by atoms with Crippen LogP contribution in [-0.4, -0.2) is 103 Å². The Morgan fingerprint density at radius 1 is 1.14 bits per heavy atom. The van der Waals surface area contributed by atoms with Crippen LogP contribution in [0.2, 0.25) is 0 Å². The van der Waals surface area contributed by atoms with Crippen molar-refractivity contribution >= 4 is 69.2 Å². The monoisotopic (exact) mass is 835 g/mol. The van der Waals surface area contributed by atoms with E-state index in [0.29, 0.717) is 17.1 Å². The number of anilines is 1. The van der Waals surface area contributed by atoms with Crippen LogP contribution in [0.5, 0.6) is 5.75 Å². The molecule has 308 valence electrons. The summed E-state index contributed by atoms with van der Waals surface area (Å²) in [4.78, 5) is 70.0. The number of benzene rings is 1. The van der Waals surface area contributed by atoms with Crippen molar-refractivity contribution in [3.63, 3.8) is 0 Å². The number of hydrogen-bond donors (Lipinski definition) is 3. The molecule has 3 amide bonds. The fourth-order valence-corrected chi connectivity index (χ4v) is 7.96. The van der Waals surface area contributed by atoms with Crippen LogP contribution < -0.4 is 25.3 Å². The lowest BCUT2D eigenvalue weighted by Gasteiger charge is -2.49. The van der Waals surface area contributed by atoms with Crippen LogP contribution in [0.1, 0.15) is 52.4 Å². The Bertz CT molecular complexity index is 2210. The summed E-state index contributed by atoms with van der Waals surface area (Å²) in [5.74, 6) is -1.09. The van der Waals surface area contributed by atoms with E-state index in [1.54, 1.807) is 72.3 Å². The van der Waals surface area contributed by atoms with Crippen LogP contribution in [0.3, 0.4) is 0 Å². The fraction of sp³-hybridized carbons (Fsp3) is 0.447. The summed E-state index contributed by atoms with van der Waals surface area (Å²) in [5.41, 5.74) is 2.12. The molecule has 0 radical (unpaired) electrons. The number of oxime groups is 1. The molecule has 0 aliphatic carbocycles. The summed E-state index contributed by atoms with van der Waals surface area (Å²) in [5, 5.41) is 11.8. The molecule has 6 rings (SSSR count). The van der Waals surface area contributed by atoms with Gasteiger partial charge in [-0.1, -0.05) is 17.3 Å². The first-order valence-corrected chi connectivity index (χ1v) is 20.4. The highest BCUT2D eigenvalue weighted by Crippen LogP contribution is 2.41. The van der Waals surface area contributed by atoms with Gasteiger partial charge in [0.05, 0.1) is 13.3 Å². The molecule has 2 atom stereocenters. The third kappa shape index (κ3) is 9.91. The number of thioether (sulfide) groups is 1. The van der Waals surface area contributed by atoms with Crippen molar-refractivity contribution in [1.29, 1.82) is 0 Å². The third-order valence-corrected chi connectivity index (χ3v) is 10.7. The fourth-order valence-electron chi connectivity index (χ4n) is 6.06. The van der Waals surface area contributed by atoms with Crippen molar-refractivity contribution in [2.24, 2.45) is 5.16 Å². The zero-order valence-corrected chi connectivity index (χ0v) is 34.9. The SMILES string of the molecule is CNCCCn1cnc2c1ccc[n+]2CC1=C(C(=O)OCc2ccc(OC)cc2)N2C(=O)C(NC(=O)/C(=N\OC(C)C)c3nsc(NC(=O)OC(C)(C)C)n3)C2SC1. The van der Waals surface area contributed by atoms with Gasteiger partial charge in [-0.25, -0.2) is 14.2 Å². The predicted molar refractivity (Wildman–Crippen MR) is 216 cm³/mol. The number of fused-ring (bicyclic) bond motifs is 2. The number of esters is 1. The highest BCUT2D eigenvalue weighted by atomic mass is 32.2. The van der Waals surface area contributed by atoms with Crippen molar-refractivity contribution in [2.75, 3.05) is 31.8 Å². The molecule has 1 saturated heterocycles. The number of nitrogens with one attached hydrogen (secondary N) is 3. The summed E-state index contributed by atoms with van der Waals surface area (Å²) >= 11 is 2.22. The predicted octanol–water partition coefficient (Wildman–Crippen LogP) is 3.37. The summed E-state index contributed by atoms with van der Waals surface area (Å²) in [7, 11) is 3.48. The molecule has 1 aromatic carbocycles. The molecule has 2 aliphatic rings. The molecule has 0 spiro atoms. The Balaban J connectivity index is 1.24. The van der Waals surface area contributed by atoms with Crippen molar-refractivity contribution < 1.29 is 42.8 Å². The van der Waals surface area contributed by atoms with Crippen LogP contribution in [0.15, 0.2) is 65.3 Å². The first kappa shape index (κ1) is 42.0. The average molecular weight is 836 g/mol. The minimum absolute atomic E-state index is 0.0412. The Kier molecular flexibility index (Phi) is 13.3. The number of amides is 3. The van der Waals surface area contributed by atoms with E-state index in [0.717, 1.165) is 47.8 Å². The Hall–Kier alpha value is -5.60. The molecule has 5 heterocycles. The highest BCUT2D eigenvalue weighted by Gasteiger charge is 2.55. The lowest BCUT2D eigenvalue weighted by atomic mass is 10.0. The first-order chi connectivity index (χ1) is 27.8. The molecule has 3 aromatic heterocycles. The maximum absolute atomic E-state index is 14.1. The quantitative estimate of drug-likeness (QED) is 0.0371. The van der Waals surface area contributed by atoms with Crippen LogP contribution in [0.25, 0.3) is 11.2 Å². The van der Waals surface area contributed by atoms with Crippen LogP contribution >= 0.6 is 23.3 Å².